The van der Waals surface area contributed by atoms with Crippen molar-refractivity contribution in [2.24, 2.45) is 7.05 Å². The maximum Gasteiger partial charge on any atom is 0.436 e. The summed E-state index contributed by atoms with van der Waals surface area (Å²) in [5.74, 6) is -1.02. The second kappa shape index (κ2) is 11.4. The molecule has 0 radical (unpaired) electrons. The van der Waals surface area contributed by atoms with Crippen molar-refractivity contribution >= 4 is 11.6 Å². The lowest BCUT2D eigenvalue weighted by Crippen LogP contribution is -2.36. The van der Waals surface area contributed by atoms with E-state index < -0.39 is 36.9 Å². The first-order valence-corrected chi connectivity index (χ1v) is 12.4. The van der Waals surface area contributed by atoms with Crippen molar-refractivity contribution < 1.29 is 40.5 Å². The lowest BCUT2D eigenvalue weighted by atomic mass is 10.0. The van der Waals surface area contributed by atoms with Crippen molar-refractivity contribution in [1.29, 1.82) is 0 Å². The number of benzene rings is 1. The molecule has 5 rings (SSSR count). The number of hydrogen-bond acceptors (Lipinski definition) is 6. The molecule has 1 atom stereocenters. The summed E-state index contributed by atoms with van der Waals surface area (Å²) in [6, 6.07) is 4.09. The maximum atomic E-state index is 15.3. The zero-order chi connectivity index (χ0) is 30.2. The van der Waals surface area contributed by atoms with Gasteiger partial charge in [0.05, 0.1) is 46.4 Å². The fourth-order valence-corrected chi connectivity index (χ4v) is 4.41. The molecule has 42 heavy (non-hydrogen) atoms. The Bertz CT molecular complexity index is 1720. The quantitative estimate of drug-likeness (QED) is 0.152. The molecule has 0 aliphatic carbocycles. The highest BCUT2D eigenvalue weighted by molar-refractivity contribution is 6.31. The highest BCUT2D eigenvalue weighted by Crippen LogP contribution is 2.35. The topological polar surface area (TPSA) is 117 Å². The summed E-state index contributed by atoms with van der Waals surface area (Å²) in [6.07, 6.45) is 1.37. The molecular weight excluding hydrogens is 596 g/mol. The van der Waals surface area contributed by atoms with Crippen LogP contribution in [-0.4, -0.2) is 48.3 Å². The van der Waals surface area contributed by atoms with Gasteiger partial charge in [-0.25, -0.2) is 9.07 Å². The first-order chi connectivity index (χ1) is 19.9. The van der Waals surface area contributed by atoms with Gasteiger partial charge in [-0.3, -0.25) is 4.68 Å². The highest BCUT2D eigenvalue weighted by atomic mass is 35.5. The predicted octanol–water partition coefficient (Wildman–Crippen LogP) is 4.01. The lowest BCUT2D eigenvalue weighted by molar-refractivity contribution is -0.730. The summed E-state index contributed by atoms with van der Waals surface area (Å²) in [5.41, 5.74) is -0.724. The summed E-state index contributed by atoms with van der Waals surface area (Å²) < 4.78 is 88.5. The number of pyridine rings is 1. The third-order valence-electron chi connectivity index (χ3n) is 6.17. The minimum atomic E-state index is -4.80. The molecular formula is C24H19ClF6N9O2+. The SMILES string of the molecule is C[n+]1cc(-c2cnn([C@@H](CCOC(F)F)c3ccc(-c4c(-n5cc(C(F)(F)F)nn5)ccc(Cl)c4F)c[n+]3[O-])c2)n[nH]1. The fraction of sp³-hybridized carbons (Fsp3) is 0.250. The molecule has 4 heterocycles. The van der Waals surface area contributed by atoms with Gasteiger partial charge < -0.3 is 9.94 Å². The second-order valence-electron chi connectivity index (χ2n) is 8.95. The Kier molecular flexibility index (Phi) is 7.87. The minimum Gasteiger partial charge on any atom is -0.618 e. The standard InChI is InChI=1S/C24H18ClF6N9O2/c1-37-11-16(33-35-37)14-8-32-38(9-14)17(6-7-42-23(27)28)18-4-2-13(10-40(18)41)21-19(5-3-15(25)22(21)26)39-12-20(34-36-39)24(29,30)31/h2-5,8-12,17,23H,6-7H2,1H3/p+1/t17-/m0/s1. The number of H-pyrrole nitrogens is 1. The number of rotatable bonds is 9. The number of aromatic nitrogens is 9. The van der Waals surface area contributed by atoms with Crippen molar-refractivity contribution in [3.8, 4) is 28.1 Å². The Morgan fingerprint density at radius 3 is 2.55 bits per heavy atom. The first-order valence-electron chi connectivity index (χ1n) is 12.0. The largest absolute Gasteiger partial charge is 0.618 e. The Balaban J connectivity index is 1.55. The van der Waals surface area contributed by atoms with E-state index in [4.69, 9.17) is 11.6 Å². The van der Waals surface area contributed by atoms with Crippen LogP contribution in [0, 0.1) is 11.0 Å². The number of hydrogen-bond donors (Lipinski definition) is 1. The molecule has 0 unspecified atom stereocenters. The van der Waals surface area contributed by atoms with Crippen LogP contribution in [0.5, 0.6) is 0 Å². The average molecular weight is 615 g/mol. The van der Waals surface area contributed by atoms with Crippen LogP contribution >= 0.6 is 11.6 Å². The number of halogens is 7. The molecule has 0 bridgehead atoms. The highest BCUT2D eigenvalue weighted by Gasteiger charge is 2.35. The molecule has 1 aromatic carbocycles. The van der Waals surface area contributed by atoms with Gasteiger partial charge in [0.1, 0.15) is 13.1 Å². The first kappa shape index (κ1) is 29.0. The van der Waals surface area contributed by atoms with E-state index in [0.717, 1.165) is 12.3 Å². The van der Waals surface area contributed by atoms with E-state index in [1.165, 1.54) is 29.1 Å². The Hall–Kier alpha value is -4.51. The number of aromatic amines is 1. The second-order valence-corrected chi connectivity index (χ2v) is 9.36. The van der Waals surface area contributed by atoms with E-state index in [1.54, 1.807) is 24.1 Å². The Labute approximate surface area is 237 Å². The molecule has 5 aromatic rings. The zero-order valence-corrected chi connectivity index (χ0v) is 22.1. The van der Waals surface area contributed by atoms with E-state index in [-0.39, 0.29) is 34.0 Å². The molecule has 0 aliphatic rings. The molecule has 18 heteroatoms. The number of nitrogens with one attached hydrogen (secondary N) is 1. The van der Waals surface area contributed by atoms with Crippen molar-refractivity contribution in [3.05, 3.63) is 82.7 Å². The number of ether oxygens (including phenoxy) is 1. The molecule has 11 nitrogen and oxygen atoms in total. The normalized spacial score (nSPS) is 12.8. The number of nitrogens with zero attached hydrogens (tertiary/aromatic N) is 8. The maximum absolute atomic E-state index is 15.3. The Morgan fingerprint density at radius 1 is 1.12 bits per heavy atom. The number of aryl methyl sites for hydroxylation is 1. The van der Waals surface area contributed by atoms with Gasteiger partial charge in [-0.15, -0.1) is 5.10 Å². The van der Waals surface area contributed by atoms with E-state index in [2.05, 4.69) is 30.5 Å². The van der Waals surface area contributed by atoms with Crippen LogP contribution in [0.25, 0.3) is 28.1 Å². The minimum absolute atomic E-state index is 0.0305. The van der Waals surface area contributed by atoms with Crippen LogP contribution in [-0.2, 0) is 18.0 Å². The molecule has 0 amide bonds. The fourth-order valence-electron chi connectivity index (χ4n) is 4.25. The summed E-state index contributed by atoms with van der Waals surface area (Å²) >= 11 is 5.96. The monoisotopic (exact) mass is 614 g/mol. The molecule has 0 fully saturated rings. The number of alkyl halides is 5. The zero-order valence-electron chi connectivity index (χ0n) is 21.3. The molecule has 0 spiro atoms. The van der Waals surface area contributed by atoms with Gasteiger partial charge in [0.15, 0.2) is 23.9 Å². The van der Waals surface area contributed by atoms with E-state index in [9.17, 15) is 27.2 Å². The van der Waals surface area contributed by atoms with Crippen LogP contribution in [0.2, 0.25) is 5.02 Å². The van der Waals surface area contributed by atoms with Gasteiger partial charge in [-0.1, -0.05) is 22.0 Å². The predicted molar refractivity (Wildman–Crippen MR) is 131 cm³/mol. The van der Waals surface area contributed by atoms with Crippen molar-refractivity contribution in [2.75, 3.05) is 6.61 Å². The third-order valence-corrected chi connectivity index (χ3v) is 6.47. The van der Waals surface area contributed by atoms with Crippen LogP contribution in [0.3, 0.4) is 0 Å². The molecule has 1 N–H and O–H groups in total. The third kappa shape index (κ3) is 5.91. The van der Waals surface area contributed by atoms with E-state index in [1.807, 2.05) is 0 Å². The smallest absolute Gasteiger partial charge is 0.436 e. The van der Waals surface area contributed by atoms with Crippen molar-refractivity contribution in [3.63, 3.8) is 0 Å². The molecule has 0 aliphatic heterocycles. The molecule has 0 saturated carbocycles. The molecule has 220 valence electrons. The van der Waals surface area contributed by atoms with Crippen LogP contribution < -0.4 is 9.41 Å². The molecule has 4 aromatic heterocycles. The lowest BCUT2D eigenvalue weighted by Gasteiger charge is -2.18. The van der Waals surface area contributed by atoms with Crippen LogP contribution in [0.15, 0.2) is 55.2 Å². The summed E-state index contributed by atoms with van der Waals surface area (Å²) in [4.78, 5) is 0. The Morgan fingerprint density at radius 2 is 1.90 bits per heavy atom. The van der Waals surface area contributed by atoms with Crippen molar-refractivity contribution in [1.82, 2.24) is 35.1 Å². The van der Waals surface area contributed by atoms with E-state index >= 15 is 4.39 Å². The van der Waals surface area contributed by atoms with Gasteiger partial charge >= 0.3 is 12.8 Å². The van der Waals surface area contributed by atoms with Gasteiger partial charge in [-0.2, -0.15) is 36.5 Å². The van der Waals surface area contributed by atoms with E-state index in [0.29, 0.717) is 26.9 Å². The van der Waals surface area contributed by atoms with Gasteiger partial charge in [-0.05, 0) is 18.2 Å². The van der Waals surface area contributed by atoms with Crippen LogP contribution in [0.1, 0.15) is 23.9 Å². The van der Waals surface area contributed by atoms with Gasteiger partial charge in [0.25, 0.3) is 5.69 Å². The van der Waals surface area contributed by atoms with Gasteiger partial charge in [0.2, 0.25) is 5.69 Å². The molecule has 0 saturated heterocycles. The summed E-state index contributed by atoms with van der Waals surface area (Å²) in [6.45, 7) is -3.47. The average Bonchev–Trinajstić information content (AvgIpc) is 3.69. The van der Waals surface area contributed by atoms with Crippen molar-refractivity contribution in [2.45, 2.75) is 25.3 Å². The summed E-state index contributed by atoms with van der Waals surface area (Å²) in [5, 5.41) is 30.6. The van der Waals surface area contributed by atoms with Crippen LogP contribution in [0.4, 0.5) is 26.3 Å². The van der Waals surface area contributed by atoms with Gasteiger partial charge in [0, 0.05) is 23.8 Å². The summed E-state index contributed by atoms with van der Waals surface area (Å²) in [7, 11) is 1.72.